The molecule has 0 spiro atoms. The monoisotopic (exact) mass is 242 g/mol. The quantitative estimate of drug-likeness (QED) is 0.752. The molecule has 0 saturated carbocycles. The summed E-state index contributed by atoms with van der Waals surface area (Å²) < 4.78 is 4.84. The van der Waals surface area contributed by atoms with E-state index in [4.69, 9.17) is 14.7 Å². The predicted octanol–water partition coefficient (Wildman–Crippen LogP) is 0.595. The van der Waals surface area contributed by atoms with Crippen LogP contribution in [0, 0.1) is 12.8 Å². The number of hydrogen-bond acceptors (Lipinski definition) is 5. The molecule has 1 aromatic rings. The van der Waals surface area contributed by atoms with Gasteiger partial charge in [0.1, 0.15) is 12.3 Å². The van der Waals surface area contributed by atoms with Gasteiger partial charge in [0.15, 0.2) is 5.82 Å². The van der Waals surface area contributed by atoms with Crippen LogP contribution in [0.3, 0.4) is 0 Å². The average molecular weight is 242 g/mol. The van der Waals surface area contributed by atoms with Crippen LogP contribution in [-0.4, -0.2) is 40.4 Å². The maximum absolute atomic E-state index is 10.7. The summed E-state index contributed by atoms with van der Waals surface area (Å²) in [5.41, 5.74) is 0. The lowest BCUT2D eigenvalue weighted by atomic mass is 10.1. The number of rotatable bonds is 6. The van der Waals surface area contributed by atoms with Crippen LogP contribution < -0.4 is 4.90 Å². The lowest BCUT2D eigenvalue weighted by molar-refractivity contribution is -0.141. The number of aliphatic carboxylic acids is 2. The van der Waals surface area contributed by atoms with Crippen LogP contribution in [0.5, 0.6) is 0 Å². The number of anilines is 1. The van der Waals surface area contributed by atoms with Gasteiger partial charge in [-0.2, -0.15) is 0 Å². The normalized spacial score (nSPS) is 12.1. The van der Waals surface area contributed by atoms with Crippen molar-refractivity contribution in [3.8, 4) is 0 Å². The molecule has 0 saturated heterocycles. The Morgan fingerprint density at radius 1 is 1.53 bits per heavy atom. The van der Waals surface area contributed by atoms with Crippen LogP contribution in [0.15, 0.2) is 10.6 Å². The number of carboxylic acids is 2. The predicted molar refractivity (Wildman–Crippen MR) is 57.9 cm³/mol. The summed E-state index contributed by atoms with van der Waals surface area (Å²) in [5, 5.41) is 21.2. The van der Waals surface area contributed by atoms with Gasteiger partial charge in [-0.15, -0.1) is 0 Å². The molecule has 0 aliphatic heterocycles. The Hall–Kier alpha value is -2.05. The Bertz CT molecular complexity index is 415. The standard InChI is InChI=1S/C10H14N2O5/c1-6(10(15)16)4-12(5-9(13)14)8-3-7(2)17-11-8/h3,6H,4-5H2,1-2H3,(H,13,14)(H,15,16). The number of nitrogens with zero attached hydrogens (tertiary/aromatic N) is 2. The topological polar surface area (TPSA) is 104 Å². The summed E-state index contributed by atoms with van der Waals surface area (Å²) in [6.07, 6.45) is 0. The third-order valence-corrected chi connectivity index (χ3v) is 2.18. The van der Waals surface area contributed by atoms with Crippen LogP contribution in [0.25, 0.3) is 0 Å². The first-order valence-corrected chi connectivity index (χ1v) is 5.03. The third kappa shape index (κ3) is 3.78. The molecule has 0 radical (unpaired) electrons. The van der Waals surface area contributed by atoms with Crippen molar-refractivity contribution in [1.82, 2.24) is 5.16 Å². The SMILES string of the molecule is Cc1cc(N(CC(=O)O)CC(C)C(=O)O)no1. The first kappa shape index (κ1) is 13.0. The van der Waals surface area contributed by atoms with E-state index >= 15 is 0 Å². The molecule has 0 fully saturated rings. The first-order valence-electron chi connectivity index (χ1n) is 5.03. The van der Waals surface area contributed by atoms with E-state index in [1.165, 1.54) is 11.8 Å². The van der Waals surface area contributed by atoms with E-state index in [2.05, 4.69) is 5.16 Å². The molecule has 1 heterocycles. The van der Waals surface area contributed by atoms with Gasteiger partial charge >= 0.3 is 11.9 Å². The van der Waals surface area contributed by atoms with Gasteiger partial charge < -0.3 is 19.6 Å². The van der Waals surface area contributed by atoms with E-state index in [-0.39, 0.29) is 13.1 Å². The van der Waals surface area contributed by atoms with Gasteiger partial charge in [0.05, 0.1) is 5.92 Å². The highest BCUT2D eigenvalue weighted by atomic mass is 16.5. The Morgan fingerprint density at radius 2 is 2.18 bits per heavy atom. The van der Waals surface area contributed by atoms with Crippen molar-refractivity contribution in [2.24, 2.45) is 5.92 Å². The van der Waals surface area contributed by atoms with Gasteiger partial charge in [0.25, 0.3) is 0 Å². The second kappa shape index (κ2) is 5.33. The highest BCUT2D eigenvalue weighted by molar-refractivity contribution is 5.74. The Balaban J connectivity index is 2.80. The van der Waals surface area contributed by atoms with Gasteiger partial charge in [-0.05, 0) is 6.92 Å². The number of carboxylic acid groups (broad SMARTS) is 2. The minimum Gasteiger partial charge on any atom is -0.481 e. The maximum atomic E-state index is 10.7. The zero-order valence-electron chi connectivity index (χ0n) is 9.58. The second-order valence-corrected chi connectivity index (χ2v) is 3.81. The van der Waals surface area contributed by atoms with E-state index in [1.54, 1.807) is 13.0 Å². The van der Waals surface area contributed by atoms with Crippen LogP contribution in [0.1, 0.15) is 12.7 Å². The third-order valence-electron chi connectivity index (χ3n) is 2.18. The number of hydrogen-bond donors (Lipinski definition) is 2. The molecule has 1 atom stereocenters. The molecule has 0 aromatic carbocycles. The highest BCUT2D eigenvalue weighted by Gasteiger charge is 2.20. The fraction of sp³-hybridized carbons (Fsp3) is 0.500. The number of aromatic nitrogens is 1. The molecular weight excluding hydrogens is 228 g/mol. The van der Waals surface area contributed by atoms with E-state index in [1.807, 2.05) is 0 Å². The van der Waals surface area contributed by atoms with E-state index in [0.717, 1.165) is 0 Å². The van der Waals surface area contributed by atoms with Crippen molar-refractivity contribution in [2.45, 2.75) is 13.8 Å². The summed E-state index contributed by atoms with van der Waals surface area (Å²) in [4.78, 5) is 22.8. The molecule has 1 unspecified atom stereocenters. The van der Waals surface area contributed by atoms with Crippen LogP contribution >= 0.6 is 0 Å². The molecule has 7 nitrogen and oxygen atoms in total. The zero-order valence-corrected chi connectivity index (χ0v) is 9.58. The number of carbonyl (C=O) groups is 2. The molecule has 17 heavy (non-hydrogen) atoms. The average Bonchev–Trinajstić information content (AvgIpc) is 2.62. The zero-order chi connectivity index (χ0) is 13.0. The molecule has 1 aromatic heterocycles. The van der Waals surface area contributed by atoms with Gasteiger partial charge in [-0.1, -0.05) is 12.1 Å². The van der Waals surface area contributed by atoms with Crippen molar-refractivity contribution in [2.75, 3.05) is 18.0 Å². The van der Waals surface area contributed by atoms with E-state index < -0.39 is 17.9 Å². The van der Waals surface area contributed by atoms with Crippen molar-refractivity contribution in [3.63, 3.8) is 0 Å². The van der Waals surface area contributed by atoms with E-state index in [0.29, 0.717) is 11.6 Å². The summed E-state index contributed by atoms with van der Waals surface area (Å²) in [6, 6.07) is 1.57. The fourth-order valence-electron chi connectivity index (χ4n) is 1.31. The van der Waals surface area contributed by atoms with Crippen molar-refractivity contribution >= 4 is 17.8 Å². The Morgan fingerprint density at radius 3 is 2.59 bits per heavy atom. The summed E-state index contributed by atoms with van der Waals surface area (Å²) in [6.45, 7) is 2.93. The van der Waals surface area contributed by atoms with Crippen molar-refractivity contribution < 1.29 is 24.3 Å². The highest BCUT2D eigenvalue weighted by Crippen LogP contribution is 2.15. The van der Waals surface area contributed by atoms with Gasteiger partial charge in [-0.3, -0.25) is 9.59 Å². The Kier molecular flexibility index (Phi) is 4.08. The lowest BCUT2D eigenvalue weighted by Crippen LogP contribution is -2.36. The van der Waals surface area contributed by atoms with Crippen LogP contribution in [0.2, 0.25) is 0 Å². The van der Waals surface area contributed by atoms with Crippen molar-refractivity contribution in [3.05, 3.63) is 11.8 Å². The molecule has 7 heteroatoms. The molecule has 2 N–H and O–H groups in total. The minimum atomic E-state index is -1.05. The van der Waals surface area contributed by atoms with Gasteiger partial charge in [0, 0.05) is 12.6 Å². The fourth-order valence-corrected chi connectivity index (χ4v) is 1.31. The summed E-state index contributed by atoms with van der Waals surface area (Å²) in [7, 11) is 0. The lowest BCUT2D eigenvalue weighted by Gasteiger charge is -2.21. The molecule has 0 bridgehead atoms. The maximum Gasteiger partial charge on any atom is 0.323 e. The minimum absolute atomic E-state index is 0.0631. The second-order valence-electron chi connectivity index (χ2n) is 3.81. The van der Waals surface area contributed by atoms with Gasteiger partial charge in [-0.25, -0.2) is 0 Å². The Labute approximate surface area is 97.6 Å². The van der Waals surface area contributed by atoms with Gasteiger partial charge in [0.2, 0.25) is 0 Å². The number of aryl methyl sites for hydroxylation is 1. The molecule has 94 valence electrons. The smallest absolute Gasteiger partial charge is 0.323 e. The molecule has 0 aliphatic carbocycles. The molecular formula is C10H14N2O5. The first-order chi connectivity index (χ1) is 7.90. The van der Waals surface area contributed by atoms with E-state index in [9.17, 15) is 9.59 Å². The molecule has 1 rings (SSSR count). The van der Waals surface area contributed by atoms with Crippen molar-refractivity contribution in [1.29, 1.82) is 0 Å². The molecule has 0 aliphatic rings. The summed E-state index contributed by atoms with van der Waals surface area (Å²) in [5.74, 6) is -1.86. The molecule has 0 amide bonds. The summed E-state index contributed by atoms with van der Waals surface area (Å²) >= 11 is 0. The largest absolute Gasteiger partial charge is 0.481 e. The van der Waals surface area contributed by atoms with Crippen LogP contribution in [0.4, 0.5) is 5.82 Å². The van der Waals surface area contributed by atoms with Crippen LogP contribution in [-0.2, 0) is 9.59 Å².